The maximum absolute atomic E-state index is 10.6. The highest BCUT2D eigenvalue weighted by Gasteiger charge is 2.24. The van der Waals surface area contributed by atoms with Crippen molar-refractivity contribution in [1.82, 2.24) is 24.1 Å². The van der Waals surface area contributed by atoms with Crippen molar-refractivity contribution >= 4 is 43.6 Å². The van der Waals surface area contributed by atoms with Gasteiger partial charge in [-0.2, -0.15) is 15.8 Å². The molecule has 0 bridgehead atoms. The summed E-state index contributed by atoms with van der Waals surface area (Å²) in [5.41, 5.74) is 23.4. The molecule has 454 valence electrons. The fraction of sp³-hybridized carbons (Fsp3) is 0. The van der Waals surface area contributed by atoms with Crippen LogP contribution < -0.4 is 0 Å². The summed E-state index contributed by atoms with van der Waals surface area (Å²) in [5, 5.41) is 35.9. The van der Waals surface area contributed by atoms with Crippen molar-refractivity contribution in [2.75, 3.05) is 0 Å². The molecule has 0 unspecified atom stereocenters. The van der Waals surface area contributed by atoms with Crippen LogP contribution in [0.3, 0.4) is 0 Å². The topological polar surface area (TPSA) is 120 Å². The lowest BCUT2D eigenvalue weighted by molar-refractivity contribution is 1.07. The predicted molar refractivity (Wildman–Crippen MR) is 397 cm³/mol. The van der Waals surface area contributed by atoms with E-state index in [9.17, 15) is 15.8 Å². The first-order valence-electron chi connectivity index (χ1n) is 32.5. The van der Waals surface area contributed by atoms with Crippen LogP contribution in [-0.4, -0.2) is 24.1 Å². The first kappa shape index (κ1) is 58.0. The van der Waals surface area contributed by atoms with Gasteiger partial charge < -0.3 is 9.13 Å². The van der Waals surface area contributed by atoms with E-state index in [1.54, 1.807) is 0 Å². The second-order valence-corrected chi connectivity index (χ2v) is 24.4. The molecular formula is C90H54N8. The van der Waals surface area contributed by atoms with E-state index in [4.69, 9.17) is 15.0 Å². The van der Waals surface area contributed by atoms with Gasteiger partial charge >= 0.3 is 0 Å². The zero-order chi connectivity index (χ0) is 65.6. The molecule has 0 radical (unpaired) electrons. The fourth-order valence-electron chi connectivity index (χ4n) is 14.0. The summed E-state index contributed by atoms with van der Waals surface area (Å²) < 4.78 is 4.68. The van der Waals surface area contributed by atoms with E-state index in [1.807, 2.05) is 109 Å². The molecule has 17 aromatic rings. The molecule has 3 aromatic heterocycles. The summed E-state index contributed by atoms with van der Waals surface area (Å²) in [6, 6.07) is 120. The molecule has 0 N–H and O–H groups in total. The van der Waals surface area contributed by atoms with Crippen LogP contribution in [0.1, 0.15) is 16.7 Å². The molecule has 8 heteroatoms. The van der Waals surface area contributed by atoms with Gasteiger partial charge in [0, 0.05) is 54.9 Å². The molecule has 3 heterocycles. The van der Waals surface area contributed by atoms with Crippen LogP contribution in [0, 0.1) is 34.0 Å². The highest BCUT2D eigenvalue weighted by molar-refractivity contribution is 6.14. The molecule has 8 nitrogen and oxygen atoms in total. The lowest BCUT2D eigenvalue weighted by Crippen LogP contribution is -2.03. The van der Waals surface area contributed by atoms with E-state index in [1.165, 1.54) is 0 Å². The molecule has 0 spiro atoms. The van der Waals surface area contributed by atoms with Gasteiger partial charge in [-0.05, 0) is 176 Å². The summed E-state index contributed by atoms with van der Waals surface area (Å²) in [7, 11) is 0. The Morgan fingerprint density at radius 3 is 0.918 bits per heavy atom. The molecule has 17 rings (SSSR count). The molecule has 0 aliphatic heterocycles. The molecule has 0 saturated heterocycles. The number of aromatic nitrogens is 5. The zero-order valence-electron chi connectivity index (χ0n) is 52.8. The molecule has 0 aliphatic rings. The summed E-state index contributed by atoms with van der Waals surface area (Å²) in [6.07, 6.45) is 0. The molecule has 0 aliphatic carbocycles. The van der Waals surface area contributed by atoms with Crippen molar-refractivity contribution in [3.05, 3.63) is 344 Å². The van der Waals surface area contributed by atoms with E-state index in [-0.39, 0.29) is 0 Å². The van der Waals surface area contributed by atoms with E-state index < -0.39 is 0 Å². The first-order valence-corrected chi connectivity index (χ1v) is 32.5. The standard InChI is InChI=1S/C90H54N8/c91-55-58-19-17-30-68(47-58)76-53-70(39-45-82(76)97-84-41-35-64(60-21-5-1-6-22-60)49-78(84)79-50-65(36-42-85(79)97)61-23-7-2-8-24-61)88-94-89(96-90(95-88)75-34-16-15-33-74(75)73-32-14-13-29-72(73)57-93)71-40-46-83(77(54-71)69-31-18-20-59(48-69)56-92)98-86-43-37-66(62-25-9-3-10-26-62)51-80(86)81-52-67(38-44-87(81)98)63-27-11-4-12-28-63/h1-54H. The minimum atomic E-state index is 0.402. The predicted octanol–water partition coefficient (Wildman–Crippen LogP) is 22.4. The molecule has 0 saturated carbocycles. The second-order valence-electron chi connectivity index (χ2n) is 24.4. The van der Waals surface area contributed by atoms with E-state index in [0.29, 0.717) is 50.9 Å². The van der Waals surface area contributed by atoms with Crippen molar-refractivity contribution in [2.45, 2.75) is 0 Å². The third kappa shape index (κ3) is 10.4. The minimum absolute atomic E-state index is 0.402. The van der Waals surface area contributed by atoms with Crippen LogP contribution in [0.15, 0.2) is 328 Å². The van der Waals surface area contributed by atoms with E-state index >= 15 is 0 Å². The summed E-state index contributed by atoms with van der Waals surface area (Å²) >= 11 is 0. The van der Waals surface area contributed by atoms with Gasteiger partial charge in [0.15, 0.2) is 17.5 Å². The number of hydrogen-bond donors (Lipinski definition) is 0. The van der Waals surface area contributed by atoms with Gasteiger partial charge in [0.1, 0.15) is 0 Å². The van der Waals surface area contributed by atoms with Crippen molar-refractivity contribution in [3.8, 4) is 142 Å². The second kappa shape index (κ2) is 24.6. The molecule has 0 atom stereocenters. The Morgan fingerprint density at radius 1 is 0.214 bits per heavy atom. The van der Waals surface area contributed by atoms with Crippen LogP contribution in [-0.2, 0) is 0 Å². The number of fused-ring (bicyclic) bond motifs is 6. The number of hydrogen-bond acceptors (Lipinski definition) is 6. The lowest BCUT2D eigenvalue weighted by Gasteiger charge is -2.18. The first-order chi connectivity index (χ1) is 48.4. The van der Waals surface area contributed by atoms with Gasteiger partial charge in [-0.25, -0.2) is 15.0 Å². The number of nitriles is 3. The van der Waals surface area contributed by atoms with Crippen LogP contribution in [0.2, 0.25) is 0 Å². The van der Waals surface area contributed by atoms with Gasteiger partial charge in [0.25, 0.3) is 0 Å². The number of nitrogens with zero attached hydrogens (tertiary/aromatic N) is 8. The van der Waals surface area contributed by atoms with Crippen LogP contribution in [0.25, 0.3) is 167 Å². The Bertz CT molecular complexity index is 5630. The quantitative estimate of drug-likeness (QED) is 0.120. The van der Waals surface area contributed by atoms with E-state index in [2.05, 4.69) is 246 Å². The Kier molecular flexibility index (Phi) is 14.5. The summed E-state index contributed by atoms with van der Waals surface area (Å²) in [6.45, 7) is 0. The van der Waals surface area contributed by atoms with Crippen molar-refractivity contribution < 1.29 is 0 Å². The average molecular weight is 1250 g/mol. The number of rotatable bonds is 12. The van der Waals surface area contributed by atoms with Crippen molar-refractivity contribution in [3.63, 3.8) is 0 Å². The fourth-order valence-corrected chi connectivity index (χ4v) is 14.0. The van der Waals surface area contributed by atoms with Crippen molar-refractivity contribution in [1.29, 1.82) is 15.8 Å². The normalized spacial score (nSPS) is 11.2. The van der Waals surface area contributed by atoms with Gasteiger partial charge in [0.2, 0.25) is 0 Å². The highest BCUT2D eigenvalue weighted by Crippen LogP contribution is 2.45. The Hall–Kier alpha value is -13.8. The Balaban J connectivity index is 0.901. The van der Waals surface area contributed by atoms with Gasteiger partial charge in [0.05, 0.1) is 68.3 Å². The zero-order valence-corrected chi connectivity index (χ0v) is 52.8. The lowest BCUT2D eigenvalue weighted by atomic mass is 9.95. The maximum atomic E-state index is 10.6. The smallest absolute Gasteiger partial charge is 0.164 e. The Morgan fingerprint density at radius 2 is 0.541 bits per heavy atom. The molecule has 0 amide bonds. The summed E-state index contributed by atoms with van der Waals surface area (Å²) in [4.78, 5) is 16.4. The third-order valence-corrected chi connectivity index (χ3v) is 18.7. The van der Waals surface area contributed by atoms with Crippen LogP contribution in [0.5, 0.6) is 0 Å². The van der Waals surface area contributed by atoms with Crippen molar-refractivity contribution in [2.24, 2.45) is 0 Å². The van der Waals surface area contributed by atoms with Crippen LogP contribution >= 0.6 is 0 Å². The molecule has 0 fully saturated rings. The summed E-state index contributed by atoms with van der Waals surface area (Å²) in [5.74, 6) is 1.21. The van der Waals surface area contributed by atoms with Gasteiger partial charge in [-0.1, -0.05) is 212 Å². The van der Waals surface area contributed by atoms with Crippen LogP contribution in [0.4, 0.5) is 0 Å². The molecule has 98 heavy (non-hydrogen) atoms. The third-order valence-electron chi connectivity index (χ3n) is 18.7. The highest BCUT2D eigenvalue weighted by atomic mass is 15.0. The maximum Gasteiger partial charge on any atom is 0.164 e. The average Bonchev–Trinajstić information content (AvgIpc) is 1.52. The molecular weight excluding hydrogens is 1190 g/mol. The van der Waals surface area contributed by atoms with Gasteiger partial charge in [-0.15, -0.1) is 0 Å². The van der Waals surface area contributed by atoms with Gasteiger partial charge in [-0.3, -0.25) is 0 Å². The Labute approximate surface area is 566 Å². The number of benzene rings is 14. The largest absolute Gasteiger partial charge is 0.309 e. The minimum Gasteiger partial charge on any atom is -0.309 e. The monoisotopic (exact) mass is 1250 g/mol. The SMILES string of the molecule is N#Cc1cccc(-c2cc(-c3nc(-c4ccc(-n5c6ccc(-c7ccccc7)cc6c6cc(-c7ccccc7)ccc65)c(-c5cccc(C#N)c5)c4)nc(-c4ccccc4-c4ccccc4C#N)n3)ccc2-n2c3ccc(-c4ccccc4)cc3c3cc(-c4ccccc4)ccc32)c1. The van der Waals surface area contributed by atoms with E-state index in [0.717, 1.165) is 133 Å². The molecule has 14 aromatic carbocycles.